The third kappa shape index (κ3) is 6.15. The normalized spacial score (nSPS) is 12.6. The van der Waals surface area contributed by atoms with Crippen LogP contribution in [0, 0.1) is 6.92 Å². The Labute approximate surface area is 132 Å². The molecule has 0 bridgehead atoms. The molecule has 1 rings (SSSR count). The molecule has 0 heterocycles. The lowest BCUT2D eigenvalue weighted by atomic mass is 9.84. The number of carboxylic acids is 1. The monoisotopic (exact) mass is 327 g/mol. The van der Waals surface area contributed by atoms with Gasteiger partial charge in [-0.25, -0.2) is 8.42 Å². The van der Waals surface area contributed by atoms with E-state index >= 15 is 0 Å². The molecule has 6 heteroatoms. The number of carboxylic acid groups (broad SMARTS) is 1. The number of hydrogen-bond acceptors (Lipinski definition) is 4. The number of sulfone groups is 1. The predicted octanol–water partition coefficient (Wildman–Crippen LogP) is 1.70. The molecule has 1 aromatic rings. The van der Waals surface area contributed by atoms with Crippen molar-refractivity contribution in [1.82, 2.24) is 4.90 Å². The van der Waals surface area contributed by atoms with Gasteiger partial charge in [0.05, 0.1) is 5.75 Å². The van der Waals surface area contributed by atoms with Crippen molar-refractivity contribution in [3.63, 3.8) is 0 Å². The van der Waals surface area contributed by atoms with Gasteiger partial charge in [0, 0.05) is 18.5 Å². The molecule has 0 aliphatic heterocycles. The maximum atomic E-state index is 11.6. The third-order valence-corrected chi connectivity index (χ3v) is 5.12. The number of aliphatic carboxylic acids is 1. The number of hydrogen-bond donors (Lipinski definition) is 1. The van der Waals surface area contributed by atoms with Crippen LogP contribution >= 0.6 is 0 Å². The third-order valence-electron chi connectivity index (χ3n) is 3.63. The summed E-state index contributed by atoms with van der Waals surface area (Å²) in [4.78, 5) is 12.4. The highest BCUT2D eigenvalue weighted by atomic mass is 32.2. The van der Waals surface area contributed by atoms with Crippen LogP contribution in [0.1, 0.15) is 25.0 Å². The van der Waals surface area contributed by atoms with Gasteiger partial charge in [-0.3, -0.25) is 4.79 Å². The van der Waals surface area contributed by atoms with Crippen LogP contribution in [-0.4, -0.2) is 56.0 Å². The maximum absolute atomic E-state index is 11.6. The molecule has 0 fully saturated rings. The minimum Gasteiger partial charge on any atom is -0.480 e. The first-order valence-electron chi connectivity index (χ1n) is 7.20. The number of rotatable bonds is 8. The van der Waals surface area contributed by atoms with E-state index in [-0.39, 0.29) is 11.2 Å². The Hall–Kier alpha value is -1.40. The van der Waals surface area contributed by atoms with E-state index in [9.17, 15) is 13.2 Å². The number of benzene rings is 1. The molecule has 0 spiro atoms. The molecule has 0 aromatic heterocycles. The first-order valence-corrected chi connectivity index (χ1v) is 9.02. The van der Waals surface area contributed by atoms with E-state index in [2.05, 4.69) is 38.1 Å². The van der Waals surface area contributed by atoms with Gasteiger partial charge in [0.1, 0.15) is 5.75 Å². The number of carbonyl (C=O) groups is 1. The molecule has 0 unspecified atom stereocenters. The lowest BCUT2D eigenvalue weighted by molar-refractivity contribution is -0.134. The molecule has 0 aliphatic carbocycles. The standard InChI is InChI=1S/C16H25NO4S/c1-13-5-7-14(8-6-13)16(2,3)12-17(4)9-10-22(20,21)11-15(18)19/h5-8H,9-12H2,1-4H3,(H,18,19). The van der Waals surface area contributed by atoms with Crippen LogP contribution in [0.15, 0.2) is 24.3 Å². The highest BCUT2D eigenvalue weighted by Gasteiger charge is 2.24. The molecule has 0 radical (unpaired) electrons. The van der Waals surface area contributed by atoms with Gasteiger partial charge >= 0.3 is 5.97 Å². The molecular weight excluding hydrogens is 302 g/mol. The molecule has 0 amide bonds. The molecule has 0 saturated heterocycles. The van der Waals surface area contributed by atoms with Crippen LogP contribution in [0.4, 0.5) is 0 Å². The van der Waals surface area contributed by atoms with E-state index in [0.29, 0.717) is 13.1 Å². The van der Waals surface area contributed by atoms with Crippen LogP contribution in [0.3, 0.4) is 0 Å². The zero-order valence-corrected chi connectivity index (χ0v) is 14.5. The Kier molecular flexibility index (Phi) is 6.14. The van der Waals surface area contributed by atoms with Gasteiger partial charge in [-0.15, -0.1) is 0 Å². The van der Waals surface area contributed by atoms with Crippen LogP contribution in [0.2, 0.25) is 0 Å². The second kappa shape index (κ2) is 7.24. The van der Waals surface area contributed by atoms with Gasteiger partial charge in [0.15, 0.2) is 9.84 Å². The Morgan fingerprint density at radius 2 is 1.77 bits per heavy atom. The first kappa shape index (κ1) is 18.6. The van der Waals surface area contributed by atoms with E-state index in [1.165, 1.54) is 11.1 Å². The van der Waals surface area contributed by atoms with Crippen LogP contribution in [0.25, 0.3) is 0 Å². The Morgan fingerprint density at radius 1 is 1.23 bits per heavy atom. The summed E-state index contributed by atoms with van der Waals surface area (Å²) in [6.07, 6.45) is 0. The fraction of sp³-hybridized carbons (Fsp3) is 0.562. The van der Waals surface area contributed by atoms with Crippen molar-refractivity contribution in [1.29, 1.82) is 0 Å². The van der Waals surface area contributed by atoms with E-state index in [1.807, 2.05) is 18.9 Å². The van der Waals surface area contributed by atoms with Crippen molar-refractivity contribution in [2.45, 2.75) is 26.2 Å². The number of likely N-dealkylation sites (N-methyl/N-ethyl adjacent to an activating group) is 1. The summed E-state index contributed by atoms with van der Waals surface area (Å²) in [5.74, 6) is -2.25. The summed E-state index contributed by atoms with van der Waals surface area (Å²) in [5, 5.41) is 8.58. The van der Waals surface area contributed by atoms with Crippen LogP contribution in [-0.2, 0) is 20.0 Å². The zero-order chi connectivity index (χ0) is 17.0. The molecule has 22 heavy (non-hydrogen) atoms. The fourth-order valence-corrected chi connectivity index (χ4v) is 3.52. The average molecular weight is 327 g/mol. The van der Waals surface area contributed by atoms with E-state index < -0.39 is 21.6 Å². The summed E-state index contributed by atoms with van der Waals surface area (Å²) >= 11 is 0. The van der Waals surface area contributed by atoms with Crippen molar-refractivity contribution in [3.05, 3.63) is 35.4 Å². The predicted molar refractivity (Wildman–Crippen MR) is 88.0 cm³/mol. The second-order valence-corrected chi connectivity index (χ2v) is 8.66. The summed E-state index contributed by atoms with van der Waals surface area (Å²) in [5.41, 5.74) is 2.28. The smallest absolute Gasteiger partial charge is 0.318 e. The lowest BCUT2D eigenvalue weighted by Gasteiger charge is -2.31. The van der Waals surface area contributed by atoms with Crippen LogP contribution in [0.5, 0.6) is 0 Å². The fourth-order valence-electron chi connectivity index (χ4n) is 2.41. The van der Waals surface area contributed by atoms with Crippen molar-refractivity contribution in [3.8, 4) is 0 Å². The Balaban J connectivity index is 2.62. The minimum absolute atomic E-state index is 0.112. The zero-order valence-electron chi connectivity index (χ0n) is 13.7. The highest BCUT2D eigenvalue weighted by Crippen LogP contribution is 2.24. The SMILES string of the molecule is Cc1ccc(C(C)(C)CN(C)CCS(=O)(=O)CC(=O)O)cc1. The van der Waals surface area contributed by atoms with Gasteiger partial charge in [0.2, 0.25) is 0 Å². The molecule has 0 saturated carbocycles. The summed E-state index contributed by atoms with van der Waals surface area (Å²) in [7, 11) is -1.69. The van der Waals surface area contributed by atoms with Crippen molar-refractivity contribution in [2.24, 2.45) is 0 Å². The van der Waals surface area contributed by atoms with Crippen molar-refractivity contribution < 1.29 is 18.3 Å². The number of nitrogens with zero attached hydrogens (tertiary/aromatic N) is 1. The molecular formula is C16H25NO4S. The lowest BCUT2D eigenvalue weighted by Crippen LogP contribution is -2.37. The van der Waals surface area contributed by atoms with Crippen LogP contribution < -0.4 is 0 Å². The summed E-state index contributed by atoms with van der Waals surface area (Å²) < 4.78 is 23.2. The van der Waals surface area contributed by atoms with Gasteiger partial charge in [0.25, 0.3) is 0 Å². The largest absolute Gasteiger partial charge is 0.480 e. The molecule has 1 N–H and O–H groups in total. The second-order valence-electron chi connectivity index (χ2n) is 6.47. The van der Waals surface area contributed by atoms with E-state index in [4.69, 9.17) is 5.11 Å². The topological polar surface area (TPSA) is 74.7 Å². The Bertz CT molecular complexity index is 606. The highest BCUT2D eigenvalue weighted by molar-refractivity contribution is 7.92. The molecule has 0 atom stereocenters. The molecule has 1 aromatic carbocycles. The summed E-state index contributed by atoms with van der Waals surface area (Å²) in [6.45, 7) is 7.28. The first-order chi connectivity index (χ1) is 10.0. The maximum Gasteiger partial charge on any atom is 0.318 e. The van der Waals surface area contributed by atoms with E-state index in [1.54, 1.807) is 0 Å². The molecule has 0 aliphatic rings. The van der Waals surface area contributed by atoms with Crippen molar-refractivity contribution >= 4 is 15.8 Å². The quantitative estimate of drug-likeness (QED) is 0.786. The number of aryl methyl sites for hydroxylation is 1. The van der Waals surface area contributed by atoms with Gasteiger partial charge < -0.3 is 10.0 Å². The summed E-state index contributed by atoms with van der Waals surface area (Å²) in [6, 6.07) is 8.30. The molecule has 5 nitrogen and oxygen atoms in total. The van der Waals surface area contributed by atoms with Crippen molar-refractivity contribution in [2.75, 3.05) is 31.6 Å². The molecule has 124 valence electrons. The van der Waals surface area contributed by atoms with Gasteiger partial charge in [-0.2, -0.15) is 0 Å². The minimum atomic E-state index is -3.54. The van der Waals surface area contributed by atoms with E-state index in [0.717, 1.165) is 0 Å². The average Bonchev–Trinajstić information content (AvgIpc) is 2.35. The van der Waals surface area contributed by atoms with Gasteiger partial charge in [-0.05, 0) is 19.5 Å². The van der Waals surface area contributed by atoms with Gasteiger partial charge in [-0.1, -0.05) is 43.7 Å². The Morgan fingerprint density at radius 3 is 2.27 bits per heavy atom.